The normalized spacial score (nSPS) is 14.4. The number of amides is 1. The fourth-order valence-corrected chi connectivity index (χ4v) is 3.21. The van der Waals surface area contributed by atoms with E-state index in [-0.39, 0.29) is 12.5 Å². The summed E-state index contributed by atoms with van der Waals surface area (Å²) in [6.45, 7) is 4.00. The van der Waals surface area contributed by atoms with Crippen molar-refractivity contribution in [3.63, 3.8) is 0 Å². The Bertz CT molecular complexity index is 590. The maximum Gasteiger partial charge on any atom is 0.220 e. The molecule has 3 N–H and O–H groups in total. The Hall–Kier alpha value is -1.91. The van der Waals surface area contributed by atoms with Crippen molar-refractivity contribution in [1.29, 1.82) is 0 Å². The van der Waals surface area contributed by atoms with Crippen molar-refractivity contribution >= 4 is 5.91 Å². The fraction of sp³-hybridized carbons (Fsp3) is 0.621. The van der Waals surface area contributed by atoms with E-state index in [2.05, 4.69) is 67.8 Å². The van der Waals surface area contributed by atoms with Crippen LogP contribution < -0.4 is 5.32 Å². The van der Waals surface area contributed by atoms with Crippen LogP contribution in [0.1, 0.15) is 97.3 Å². The standard InChI is InChI=1S/C29H49NO3/c1-3-5-7-9-10-11-12-13-14-15-16-17-18-19-20-21-23-25-29(33)30-27(26-31)28(32)24-22-8-6-4-2/h5,7,10-11,13-14,16-17,22,24,27-28,31-32H,3-4,6,8-9,12,15,18-21,23,25-26H2,1-2H3,(H,30,33)/b7-5-,11-10-,14-13-,17-16-,24-22+. The molecule has 4 nitrogen and oxygen atoms in total. The summed E-state index contributed by atoms with van der Waals surface area (Å²) in [5.74, 6) is -0.103. The van der Waals surface area contributed by atoms with Crippen molar-refractivity contribution in [2.24, 2.45) is 0 Å². The van der Waals surface area contributed by atoms with Crippen LogP contribution in [-0.2, 0) is 4.79 Å². The highest BCUT2D eigenvalue weighted by molar-refractivity contribution is 5.76. The van der Waals surface area contributed by atoms with E-state index < -0.39 is 12.1 Å². The number of rotatable bonds is 21. The summed E-state index contributed by atoms with van der Waals surface area (Å²) in [6, 6.07) is -0.631. The zero-order chi connectivity index (χ0) is 24.4. The van der Waals surface area contributed by atoms with E-state index in [9.17, 15) is 15.0 Å². The van der Waals surface area contributed by atoms with Gasteiger partial charge in [-0.05, 0) is 51.4 Å². The fourth-order valence-electron chi connectivity index (χ4n) is 3.21. The predicted molar refractivity (Wildman–Crippen MR) is 142 cm³/mol. The van der Waals surface area contributed by atoms with Crippen LogP contribution in [0.15, 0.2) is 60.8 Å². The summed E-state index contributed by atoms with van der Waals surface area (Å²) in [5.41, 5.74) is 0. The molecule has 0 aliphatic heterocycles. The summed E-state index contributed by atoms with van der Waals surface area (Å²) < 4.78 is 0. The van der Waals surface area contributed by atoms with Crippen LogP contribution in [0.5, 0.6) is 0 Å². The highest BCUT2D eigenvalue weighted by Gasteiger charge is 2.17. The molecule has 0 aliphatic rings. The smallest absolute Gasteiger partial charge is 0.220 e. The maximum absolute atomic E-state index is 12.1. The number of aliphatic hydroxyl groups excluding tert-OH is 2. The molecule has 0 radical (unpaired) electrons. The molecule has 0 fully saturated rings. The van der Waals surface area contributed by atoms with Gasteiger partial charge in [0.05, 0.1) is 18.8 Å². The number of unbranched alkanes of at least 4 members (excludes halogenated alkanes) is 6. The van der Waals surface area contributed by atoms with Crippen molar-refractivity contribution < 1.29 is 15.0 Å². The molecule has 0 heterocycles. The Labute approximate surface area is 203 Å². The average molecular weight is 460 g/mol. The first-order chi connectivity index (χ1) is 16.2. The Morgan fingerprint density at radius 1 is 0.758 bits per heavy atom. The Morgan fingerprint density at radius 3 is 1.94 bits per heavy atom. The van der Waals surface area contributed by atoms with Gasteiger partial charge in [0.1, 0.15) is 0 Å². The average Bonchev–Trinajstić information content (AvgIpc) is 2.82. The largest absolute Gasteiger partial charge is 0.394 e. The molecule has 0 saturated carbocycles. The number of carbonyl (C=O) groups excluding carboxylic acids is 1. The first-order valence-electron chi connectivity index (χ1n) is 13.0. The third-order valence-corrected chi connectivity index (χ3v) is 5.26. The molecule has 2 unspecified atom stereocenters. The van der Waals surface area contributed by atoms with E-state index in [0.29, 0.717) is 6.42 Å². The number of nitrogens with one attached hydrogen (secondary N) is 1. The van der Waals surface area contributed by atoms with Crippen LogP contribution in [0.3, 0.4) is 0 Å². The minimum absolute atomic E-state index is 0.103. The second-order valence-corrected chi connectivity index (χ2v) is 8.37. The van der Waals surface area contributed by atoms with Gasteiger partial charge in [-0.15, -0.1) is 0 Å². The van der Waals surface area contributed by atoms with Crippen molar-refractivity contribution in [1.82, 2.24) is 5.32 Å². The molecular weight excluding hydrogens is 410 g/mol. The third-order valence-electron chi connectivity index (χ3n) is 5.26. The quantitative estimate of drug-likeness (QED) is 0.132. The number of hydrogen-bond acceptors (Lipinski definition) is 3. The van der Waals surface area contributed by atoms with Gasteiger partial charge in [0, 0.05) is 6.42 Å². The van der Waals surface area contributed by atoms with Crippen molar-refractivity contribution in [3.05, 3.63) is 60.8 Å². The second-order valence-electron chi connectivity index (χ2n) is 8.37. The van der Waals surface area contributed by atoms with Gasteiger partial charge in [-0.2, -0.15) is 0 Å². The van der Waals surface area contributed by atoms with Gasteiger partial charge in [-0.25, -0.2) is 0 Å². The van der Waals surface area contributed by atoms with Crippen LogP contribution in [0.2, 0.25) is 0 Å². The number of aliphatic hydroxyl groups is 2. The summed E-state index contributed by atoms with van der Waals surface area (Å²) >= 11 is 0. The Morgan fingerprint density at radius 2 is 1.33 bits per heavy atom. The highest BCUT2D eigenvalue weighted by Crippen LogP contribution is 2.07. The first kappa shape index (κ1) is 31.1. The molecule has 0 aliphatic carbocycles. The first-order valence-corrected chi connectivity index (χ1v) is 13.0. The van der Waals surface area contributed by atoms with Crippen LogP contribution in [0, 0.1) is 0 Å². The molecule has 0 saturated heterocycles. The van der Waals surface area contributed by atoms with Crippen LogP contribution >= 0.6 is 0 Å². The monoisotopic (exact) mass is 459 g/mol. The third kappa shape index (κ3) is 21.7. The summed E-state index contributed by atoms with van der Waals surface area (Å²) in [7, 11) is 0. The van der Waals surface area contributed by atoms with Gasteiger partial charge in [0.25, 0.3) is 0 Å². The van der Waals surface area contributed by atoms with E-state index in [4.69, 9.17) is 0 Å². The van der Waals surface area contributed by atoms with Gasteiger partial charge < -0.3 is 15.5 Å². The molecule has 0 spiro atoms. The molecular formula is C29H49NO3. The van der Waals surface area contributed by atoms with Crippen molar-refractivity contribution in [3.8, 4) is 0 Å². The molecule has 0 bridgehead atoms. The number of hydrogen-bond donors (Lipinski definition) is 3. The summed E-state index contributed by atoms with van der Waals surface area (Å²) in [5, 5.41) is 22.3. The molecule has 33 heavy (non-hydrogen) atoms. The Kier molecular flexibility index (Phi) is 23.3. The molecule has 4 heteroatoms. The number of carbonyl (C=O) groups is 1. The lowest BCUT2D eigenvalue weighted by molar-refractivity contribution is -0.123. The topological polar surface area (TPSA) is 69.6 Å². The SMILES string of the molecule is CC/C=C\C/C=C\C/C=C\C/C=C\CCCCCCC(=O)NC(CO)C(O)/C=C/CCCC. The highest BCUT2D eigenvalue weighted by atomic mass is 16.3. The van der Waals surface area contributed by atoms with Crippen molar-refractivity contribution in [2.45, 2.75) is 109 Å². The predicted octanol–water partition coefficient (Wildman–Crippen LogP) is 6.72. The van der Waals surface area contributed by atoms with E-state index in [1.807, 2.05) is 6.08 Å². The van der Waals surface area contributed by atoms with Crippen molar-refractivity contribution in [2.75, 3.05) is 6.61 Å². The van der Waals surface area contributed by atoms with E-state index in [1.54, 1.807) is 6.08 Å². The van der Waals surface area contributed by atoms with Gasteiger partial charge in [0.2, 0.25) is 5.91 Å². The van der Waals surface area contributed by atoms with Crippen LogP contribution in [0.25, 0.3) is 0 Å². The summed E-state index contributed by atoms with van der Waals surface area (Å²) in [6.07, 6.45) is 33.2. The molecule has 2 atom stereocenters. The van der Waals surface area contributed by atoms with E-state index >= 15 is 0 Å². The van der Waals surface area contributed by atoms with E-state index in [0.717, 1.165) is 77.0 Å². The van der Waals surface area contributed by atoms with Crippen LogP contribution in [-0.4, -0.2) is 34.9 Å². The molecule has 0 rings (SSSR count). The summed E-state index contributed by atoms with van der Waals surface area (Å²) in [4.78, 5) is 12.1. The molecule has 0 aromatic heterocycles. The minimum atomic E-state index is -0.845. The van der Waals surface area contributed by atoms with Crippen LogP contribution in [0.4, 0.5) is 0 Å². The van der Waals surface area contributed by atoms with Gasteiger partial charge in [0.15, 0.2) is 0 Å². The van der Waals surface area contributed by atoms with E-state index in [1.165, 1.54) is 0 Å². The van der Waals surface area contributed by atoms with Gasteiger partial charge >= 0.3 is 0 Å². The zero-order valence-electron chi connectivity index (χ0n) is 21.1. The lowest BCUT2D eigenvalue weighted by Gasteiger charge is -2.19. The lowest BCUT2D eigenvalue weighted by atomic mass is 10.1. The van der Waals surface area contributed by atoms with Gasteiger partial charge in [-0.1, -0.05) is 100 Å². The molecule has 1 amide bonds. The minimum Gasteiger partial charge on any atom is -0.394 e. The Balaban J connectivity index is 3.72. The molecule has 0 aromatic rings. The number of allylic oxidation sites excluding steroid dienone is 9. The molecule has 188 valence electrons. The maximum atomic E-state index is 12.1. The second kappa shape index (κ2) is 24.7. The van der Waals surface area contributed by atoms with Gasteiger partial charge in [-0.3, -0.25) is 4.79 Å². The zero-order valence-corrected chi connectivity index (χ0v) is 21.1. The lowest BCUT2D eigenvalue weighted by Crippen LogP contribution is -2.45. The molecule has 0 aromatic carbocycles.